The Kier molecular flexibility index (Phi) is 4.87. The van der Waals surface area contributed by atoms with E-state index in [0.29, 0.717) is 17.9 Å². The standard InChI is InChI=1S/C8H17O2P/c1-7(6-10-11-9)5-8(2,3)4/h7H,5-6H2,1-4H3. The summed E-state index contributed by atoms with van der Waals surface area (Å²) in [6.45, 7) is 9.27. The van der Waals surface area contributed by atoms with E-state index in [2.05, 4.69) is 27.7 Å². The molecular formula is C8H17O2P. The molecule has 0 N–H and O–H groups in total. The highest BCUT2D eigenvalue weighted by atomic mass is 31.1. The van der Waals surface area contributed by atoms with E-state index in [1.54, 1.807) is 0 Å². The van der Waals surface area contributed by atoms with Crippen LogP contribution in [0.25, 0.3) is 0 Å². The van der Waals surface area contributed by atoms with Gasteiger partial charge in [0.15, 0.2) is 0 Å². The van der Waals surface area contributed by atoms with Crippen LogP contribution in [-0.2, 0) is 9.09 Å². The third-order valence-electron chi connectivity index (χ3n) is 1.37. The molecule has 0 aromatic heterocycles. The van der Waals surface area contributed by atoms with Gasteiger partial charge in [-0.15, -0.1) is 0 Å². The van der Waals surface area contributed by atoms with Crippen molar-refractivity contribution in [3.63, 3.8) is 0 Å². The molecule has 2 nitrogen and oxygen atoms in total. The zero-order valence-electron chi connectivity index (χ0n) is 7.76. The highest BCUT2D eigenvalue weighted by molar-refractivity contribution is 7.17. The number of hydrogen-bond donors (Lipinski definition) is 0. The summed E-state index contributed by atoms with van der Waals surface area (Å²) >= 11 is 0. The fourth-order valence-electron chi connectivity index (χ4n) is 1.26. The van der Waals surface area contributed by atoms with E-state index in [1.165, 1.54) is 0 Å². The first-order valence-electron chi connectivity index (χ1n) is 3.90. The normalized spacial score (nSPS) is 15.3. The Morgan fingerprint density at radius 3 is 2.36 bits per heavy atom. The molecular weight excluding hydrogens is 159 g/mol. The van der Waals surface area contributed by atoms with Crippen LogP contribution in [0.4, 0.5) is 0 Å². The Morgan fingerprint density at radius 2 is 2.00 bits per heavy atom. The molecule has 0 amide bonds. The fraction of sp³-hybridized carbons (Fsp3) is 1.00. The average molecular weight is 176 g/mol. The van der Waals surface area contributed by atoms with Crippen molar-refractivity contribution in [2.45, 2.75) is 34.1 Å². The van der Waals surface area contributed by atoms with Crippen LogP contribution in [0, 0.1) is 11.3 Å². The van der Waals surface area contributed by atoms with Crippen molar-refractivity contribution in [3.8, 4) is 0 Å². The molecule has 0 aromatic rings. The quantitative estimate of drug-likeness (QED) is 0.614. The van der Waals surface area contributed by atoms with Crippen LogP contribution in [0.2, 0.25) is 0 Å². The Hall–Kier alpha value is 0.0600. The van der Waals surface area contributed by atoms with Gasteiger partial charge in [-0.2, -0.15) is 0 Å². The molecule has 1 atom stereocenters. The average Bonchev–Trinajstić information content (AvgIpc) is 1.79. The van der Waals surface area contributed by atoms with Gasteiger partial charge < -0.3 is 0 Å². The maximum atomic E-state index is 9.95. The molecule has 0 aliphatic carbocycles. The zero-order valence-corrected chi connectivity index (χ0v) is 8.65. The van der Waals surface area contributed by atoms with E-state index >= 15 is 0 Å². The minimum atomic E-state index is -0.204. The summed E-state index contributed by atoms with van der Waals surface area (Å²) in [5, 5.41) is 0. The second-order valence-corrected chi connectivity index (χ2v) is 4.65. The SMILES string of the molecule is CC(COP=O)CC(C)(C)C. The van der Waals surface area contributed by atoms with Crippen LogP contribution in [0.5, 0.6) is 0 Å². The monoisotopic (exact) mass is 176 g/mol. The van der Waals surface area contributed by atoms with Crippen molar-refractivity contribution in [1.29, 1.82) is 0 Å². The molecule has 0 aliphatic rings. The van der Waals surface area contributed by atoms with E-state index in [0.717, 1.165) is 6.42 Å². The molecule has 3 heteroatoms. The van der Waals surface area contributed by atoms with Crippen LogP contribution < -0.4 is 0 Å². The van der Waals surface area contributed by atoms with Gasteiger partial charge >= 0.3 is 8.69 Å². The predicted octanol–water partition coefficient (Wildman–Crippen LogP) is 3.28. The van der Waals surface area contributed by atoms with Gasteiger partial charge in [0, 0.05) is 0 Å². The molecule has 0 bridgehead atoms. The number of rotatable bonds is 4. The summed E-state index contributed by atoms with van der Waals surface area (Å²) in [5.74, 6) is 0.483. The summed E-state index contributed by atoms with van der Waals surface area (Å²) in [6.07, 6.45) is 1.10. The minimum absolute atomic E-state index is 0.204. The van der Waals surface area contributed by atoms with Gasteiger partial charge in [-0.05, 0) is 17.8 Å². The number of hydrogen-bond acceptors (Lipinski definition) is 2. The Labute approximate surface area is 70.6 Å². The van der Waals surface area contributed by atoms with Crippen molar-refractivity contribution < 1.29 is 9.09 Å². The zero-order chi connectivity index (χ0) is 8.91. The van der Waals surface area contributed by atoms with Crippen LogP contribution in [0.1, 0.15) is 34.1 Å². The lowest BCUT2D eigenvalue weighted by molar-refractivity contribution is 0.220. The summed E-state index contributed by atoms with van der Waals surface area (Å²) in [6, 6.07) is 0. The van der Waals surface area contributed by atoms with E-state index in [-0.39, 0.29) is 8.69 Å². The Morgan fingerprint density at radius 1 is 1.45 bits per heavy atom. The van der Waals surface area contributed by atoms with Crippen molar-refractivity contribution in [2.75, 3.05) is 6.61 Å². The van der Waals surface area contributed by atoms with Gasteiger partial charge in [-0.3, -0.25) is 4.52 Å². The maximum absolute atomic E-state index is 9.95. The molecule has 11 heavy (non-hydrogen) atoms. The maximum Gasteiger partial charge on any atom is 0.327 e. The van der Waals surface area contributed by atoms with E-state index in [1.807, 2.05) is 0 Å². The van der Waals surface area contributed by atoms with Crippen molar-refractivity contribution in [2.24, 2.45) is 11.3 Å². The van der Waals surface area contributed by atoms with Crippen LogP contribution in [0.15, 0.2) is 0 Å². The molecule has 0 spiro atoms. The second-order valence-electron chi connectivity index (χ2n) is 4.24. The van der Waals surface area contributed by atoms with Crippen molar-refractivity contribution in [3.05, 3.63) is 0 Å². The van der Waals surface area contributed by atoms with Crippen molar-refractivity contribution in [1.82, 2.24) is 0 Å². The Balaban J connectivity index is 3.51. The largest absolute Gasteiger partial charge is 0.327 e. The lowest BCUT2D eigenvalue weighted by Crippen LogP contribution is -2.13. The first-order valence-corrected chi connectivity index (χ1v) is 4.63. The summed E-state index contributed by atoms with van der Waals surface area (Å²) in [4.78, 5) is 0. The third kappa shape index (κ3) is 7.96. The molecule has 0 heterocycles. The summed E-state index contributed by atoms with van der Waals surface area (Å²) in [7, 11) is -0.204. The molecule has 1 unspecified atom stereocenters. The first kappa shape index (κ1) is 11.1. The molecule has 0 fully saturated rings. The van der Waals surface area contributed by atoms with Crippen LogP contribution in [-0.4, -0.2) is 6.61 Å². The van der Waals surface area contributed by atoms with E-state index in [9.17, 15) is 4.57 Å². The lowest BCUT2D eigenvalue weighted by atomic mass is 9.86. The first-order chi connectivity index (χ1) is 4.95. The van der Waals surface area contributed by atoms with Crippen molar-refractivity contribution >= 4 is 8.69 Å². The molecule has 0 radical (unpaired) electrons. The van der Waals surface area contributed by atoms with E-state index < -0.39 is 0 Å². The lowest BCUT2D eigenvalue weighted by Gasteiger charge is -2.21. The van der Waals surface area contributed by atoms with Gasteiger partial charge in [0.1, 0.15) is 0 Å². The van der Waals surface area contributed by atoms with Gasteiger partial charge in [-0.1, -0.05) is 27.7 Å². The van der Waals surface area contributed by atoms with Crippen LogP contribution in [0.3, 0.4) is 0 Å². The van der Waals surface area contributed by atoms with Crippen LogP contribution >= 0.6 is 8.69 Å². The molecule has 0 aliphatic heterocycles. The highest BCUT2D eigenvalue weighted by Crippen LogP contribution is 2.24. The van der Waals surface area contributed by atoms with E-state index in [4.69, 9.17) is 4.52 Å². The minimum Gasteiger partial charge on any atom is -0.294 e. The van der Waals surface area contributed by atoms with Gasteiger partial charge in [0.25, 0.3) is 0 Å². The fourth-order valence-corrected chi connectivity index (χ4v) is 1.58. The highest BCUT2D eigenvalue weighted by Gasteiger charge is 2.14. The van der Waals surface area contributed by atoms with Gasteiger partial charge in [0.05, 0.1) is 6.61 Å². The molecule has 0 saturated carbocycles. The Bertz CT molecular complexity index is 118. The third-order valence-corrected chi connectivity index (χ3v) is 1.63. The summed E-state index contributed by atoms with van der Waals surface area (Å²) in [5.41, 5.74) is 0.336. The van der Waals surface area contributed by atoms with Gasteiger partial charge in [-0.25, -0.2) is 4.57 Å². The second kappa shape index (κ2) is 4.84. The summed E-state index contributed by atoms with van der Waals surface area (Å²) < 4.78 is 14.7. The topological polar surface area (TPSA) is 26.3 Å². The van der Waals surface area contributed by atoms with Gasteiger partial charge in [0.2, 0.25) is 0 Å². The predicted molar refractivity (Wildman–Crippen MR) is 46.8 cm³/mol. The molecule has 0 aromatic carbocycles. The molecule has 66 valence electrons. The smallest absolute Gasteiger partial charge is 0.294 e. The molecule has 0 saturated heterocycles. The molecule has 0 rings (SSSR count).